The first-order valence-corrected chi connectivity index (χ1v) is 34.2. The fraction of sp³-hybridized carbons (Fsp3) is 0.514. The SMILES string of the molecule is CC(C)C[C@H](NC(=O)[C@@H](NC(=O)CNC(=O)[C@H](CCC(N)=O)NC(=O)[C@@H](N)Cc1ccccc1)C(C)C)C(=O)N[C@@H](CCC(N)=O)C(=O)N[C@@H](CC(=O)O)C(=O)N[C@H](C(=O)N[C@@H](CCCN=C(N)N)C(=O)N[C@@H](Cc1ccccc1)C(=O)N[C@H](C(=O)N[C@@H](Cc1ccccc1)C(=O)O)C(C)C)C(C)C. The van der Waals surface area contributed by atoms with Crippen LogP contribution >= 0.6 is 0 Å². The number of nitrogens with one attached hydrogen (secondary N) is 11. The summed E-state index contributed by atoms with van der Waals surface area (Å²) in [7, 11) is 0. The fourth-order valence-electron chi connectivity index (χ4n) is 10.5. The Morgan fingerprint density at radius 3 is 1.18 bits per heavy atom. The smallest absolute Gasteiger partial charge is 0.326 e. The number of hydrogen-bond acceptors (Lipinski definition) is 17. The monoisotopic (exact) mass is 1450 g/mol. The first kappa shape index (κ1) is 87.2. The van der Waals surface area contributed by atoms with E-state index in [0.29, 0.717) is 11.1 Å². The number of aliphatic imine (C=N–C) groups is 1. The highest BCUT2D eigenvalue weighted by Crippen LogP contribution is 2.15. The van der Waals surface area contributed by atoms with Gasteiger partial charge in [-0.15, -0.1) is 0 Å². The molecule has 0 aliphatic carbocycles. The molecule has 34 heteroatoms. The molecule has 0 saturated heterocycles. The Hall–Kier alpha value is -11.1. The Morgan fingerprint density at radius 1 is 0.394 bits per heavy atom. The average Bonchev–Trinajstić information content (AvgIpc) is 0.852. The Morgan fingerprint density at radius 2 is 0.750 bits per heavy atom. The maximum Gasteiger partial charge on any atom is 0.326 e. The second-order valence-corrected chi connectivity index (χ2v) is 26.6. The molecule has 3 rings (SSSR count). The summed E-state index contributed by atoms with van der Waals surface area (Å²) >= 11 is 0. The number of guanidine groups is 1. The van der Waals surface area contributed by atoms with Crippen LogP contribution in [0.3, 0.4) is 0 Å². The molecule has 0 heterocycles. The molecular weight excluding hydrogens is 1350 g/mol. The minimum Gasteiger partial charge on any atom is -0.481 e. The molecule has 0 aliphatic heterocycles. The van der Waals surface area contributed by atoms with Crippen LogP contribution in [0.1, 0.15) is 123 Å². The molecule has 0 radical (unpaired) electrons. The molecule has 104 heavy (non-hydrogen) atoms. The van der Waals surface area contributed by atoms with Crippen molar-refractivity contribution in [2.75, 3.05) is 13.1 Å². The molecule has 0 unspecified atom stereocenters. The number of carboxylic acids is 2. The van der Waals surface area contributed by atoms with Crippen LogP contribution in [-0.2, 0) is 91.2 Å². The molecule has 11 atom stereocenters. The van der Waals surface area contributed by atoms with E-state index in [-0.39, 0.29) is 69.8 Å². The Kier molecular flexibility index (Phi) is 37.2. The Balaban J connectivity index is 1.87. The van der Waals surface area contributed by atoms with Crippen LogP contribution in [0, 0.1) is 23.7 Å². The molecule has 0 spiro atoms. The van der Waals surface area contributed by atoms with Crippen LogP contribution < -0.4 is 87.2 Å². The van der Waals surface area contributed by atoms with Gasteiger partial charge in [0.2, 0.25) is 76.8 Å². The van der Waals surface area contributed by atoms with Gasteiger partial charge < -0.3 is 97.4 Å². The number of primary amides is 2. The van der Waals surface area contributed by atoms with Crippen molar-refractivity contribution in [3.63, 3.8) is 0 Å². The molecule has 0 bridgehead atoms. The zero-order chi connectivity index (χ0) is 77.9. The number of carbonyl (C=O) groups is 15. The summed E-state index contributed by atoms with van der Waals surface area (Å²) in [5.41, 5.74) is 29.9. The van der Waals surface area contributed by atoms with E-state index in [1.165, 1.54) is 13.8 Å². The van der Waals surface area contributed by atoms with Gasteiger partial charge in [-0.2, -0.15) is 0 Å². The molecular formula is C70H103N17O17. The van der Waals surface area contributed by atoms with Crippen LogP contribution in [0.2, 0.25) is 0 Å². The Bertz CT molecular complexity index is 3450. The first-order chi connectivity index (χ1) is 49.0. The van der Waals surface area contributed by atoms with E-state index in [1.54, 1.807) is 133 Å². The van der Waals surface area contributed by atoms with E-state index in [9.17, 15) is 82.1 Å². The predicted octanol–water partition coefficient (Wildman–Crippen LogP) is -2.84. The molecule has 570 valence electrons. The van der Waals surface area contributed by atoms with E-state index in [4.69, 9.17) is 28.7 Å². The lowest BCUT2D eigenvalue weighted by Crippen LogP contribution is -2.62. The van der Waals surface area contributed by atoms with Gasteiger partial charge in [-0.3, -0.25) is 72.1 Å². The lowest BCUT2D eigenvalue weighted by molar-refractivity contribution is -0.142. The quantitative estimate of drug-likeness (QED) is 0.0154. The second-order valence-electron chi connectivity index (χ2n) is 26.6. The average molecular weight is 1450 g/mol. The van der Waals surface area contributed by atoms with E-state index in [1.807, 2.05) is 0 Å². The lowest BCUT2D eigenvalue weighted by Gasteiger charge is -2.29. The summed E-state index contributed by atoms with van der Waals surface area (Å²) < 4.78 is 0. The largest absolute Gasteiger partial charge is 0.481 e. The number of hydrogen-bond donors (Lipinski definition) is 18. The van der Waals surface area contributed by atoms with Gasteiger partial charge in [0.15, 0.2) is 5.96 Å². The number of carboxylic acid groups (broad SMARTS) is 2. The van der Waals surface area contributed by atoms with Crippen LogP contribution in [0.15, 0.2) is 96.0 Å². The van der Waals surface area contributed by atoms with E-state index >= 15 is 0 Å². The van der Waals surface area contributed by atoms with Crippen molar-refractivity contribution in [3.05, 3.63) is 108 Å². The van der Waals surface area contributed by atoms with Crippen LogP contribution in [0.5, 0.6) is 0 Å². The zero-order valence-corrected chi connectivity index (χ0v) is 59.9. The number of aliphatic carboxylic acids is 2. The van der Waals surface area contributed by atoms with E-state index in [2.05, 4.69) is 63.5 Å². The summed E-state index contributed by atoms with van der Waals surface area (Å²) in [6.07, 6.45) is -3.17. The van der Waals surface area contributed by atoms with Crippen molar-refractivity contribution < 1.29 is 82.1 Å². The molecule has 23 N–H and O–H groups in total. The summed E-state index contributed by atoms with van der Waals surface area (Å²) in [4.78, 5) is 207. The number of amides is 13. The first-order valence-electron chi connectivity index (χ1n) is 34.2. The highest BCUT2D eigenvalue weighted by Gasteiger charge is 2.38. The topological polar surface area (TPSA) is 571 Å². The molecule has 0 saturated carbocycles. The van der Waals surface area contributed by atoms with Gasteiger partial charge in [0.1, 0.15) is 60.4 Å². The van der Waals surface area contributed by atoms with Crippen molar-refractivity contribution >= 4 is 94.7 Å². The zero-order valence-electron chi connectivity index (χ0n) is 59.9. The van der Waals surface area contributed by atoms with Crippen molar-refractivity contribution in [1.29, 1.82) is 0 Å². The predicted molar refractivity (Wildman–Crippen MR) is 381 cm³/mol. The van der Waals surface area contributed by atoms with Crippen LogP contribution in [-0.4, -0.2) is 184 Å². The molecule has 3 aromatic rings. The lowest BCUT2D eigenvalue weighted by atomic mass is 9.99. The third kappa shape index (κ3) is 32.3. The highest BCUT2D eigenvalue weighted by atomic mass is 16.4. The van der Waals surface area contributed by atoms with Crippen LogP contribution in [0.4, 0.5) is 0 Å². The molecule has 34 nitrogen and oxygen atoms in total. The van der Waals surface area contributed by atoms with Gasteiger partial charge in [-0.25, -0.2) is 4.79 Å². The Labute approximate surface area is 603 Å². The second kappa shape index (κ2) is 44.3. The van der Waals surface area contributed by atoms with Gasteiger partial charge in [-0.1, -0.05) is 146 Å². The minimum atomic E-state index is -2.01. The number of nitrogens with zero attached hydrogens (tertiary/aromatic N) is 1. The number of rotatable bonds is 46. The highest BCUT2D eigenvalue weighted by molar-refractivity contribution is 6.00. The molecule has 0 fully saturated rings. The van der Waals surface area contributed by atoms with Gasteiger partial charge in [-0.05, 0) is 78.9 Å². The fourth-order valence-corrected chi connectivity index (χ4v) is 10.5. The molecule has 0 aromatic heterocycles. The van der Waals surface area contributed by atoms with Crippen molar-refractivity contribution in [1.82, 2.24) is 58.5 Å². The van der Waals surface area contributed by atoms with E-state index < -0.39 is 199 Å². The molecule has 0 aliphatic rings. The standard InChI is InChI=1S/C70H103N17O17/c1-37(2)31-48(83-66(100)56(38(3)4)85-54(90)36-77-60(94)46(26-28-52(72)88)78-59(93)44(71)32-41-19-12-9-13-20-41)63(97)79-47(27-29-53(73)89)62(96)82-50(35-55(91)92)65(99)87-57(39(5)6)67(101)80-45(25-18-30-76-70(74)75)61(95)81-49(33-42-21-14-10-15-22-42)64(98)86-58(40(7)8)68(102)84-51(69(103)104)34-43-23-16-11-17-24-43/h9-17,19-24,37-40,44-51,56-58H,18,25-36,71H2,1-8H3,(H2,72,88)(H2,73,89)(H,77,94)(H,78,93)(H,79,97)(H,80,101)(H,81,95)(H,82,96)(H,83,100)(H,84,102)(H,85,90)(H,86,98)(H,87,99)(H,91,92)(H,103,104)(H4,74,75,76)/t44-,45-,46-,47-,48-,49-,50-,51-,56-,57-,58-/m0/s1. The summed E-state index contributed by atoms with van der Waals surface area (Å²) in [5.74, 6) is -18.0. The molecule has 3 aromatic carbocycles. The summed E-state index contributed by atoms with van der Waals surface area (Å²) in [6.45, 7) is 11.9. The number of benzene rings is 3. The van der Waals surface area contributed by atoms with Gasteiger partial charge in [0.25, 0.3) is 0 Å². The van der Waals surface area contributed by atoms with Crippen molar-refractivity contribution in [3.8, 4) is 0 Å². The van der Waals surface area contributed by atoms with Gasteiger partial charge in [0, 0.05) is 32.2 Å². The third-order valence-electron chi connectivity index (χ3n) is 16.2. The maximum atomic E-state index is 14.6. The van der Waals surface area contributed by atoms with Crippen LogP contribution in [0.25, 0.3) is 0 Å². The number of nitrogens with two attached hydrogens (primary N) is 5. The van der Waals surface area contributed by atoms with Gasteiger partial charge >= 0.3 is 11.9 Å². The molecule has 13 amide bonds. The van der Waals surface area contributed by atoms with E-state index in [0.717, 1.165) is 5.56 Å². The van der Waals surface area contributed by atoms with Gasteiger partial charge in [0.05, 0.1) is 19.0 Å². The van der Waals surface area contributed by atoms with Crippen molar-refractivity contribution in [2.45, 2.75) is 192 Å². The summed E-state index contributed by atoms with van der Waals surface area (Å²) in [5, 5.41) is 47.7. The minimum absolute atomic E-state index is 0.0414. The normalized spacial score (nSPS) is 14.3. The number of carbonyl (C=O) groups excluding carboxylic acids is 13. The van der Waals surface area contributed by atoms with Crippen molar-refractivity contribution in [2.24, 2.45) is 57.3 Å². The summed E-state index contributed by atoms with van der Waals surface area (Å²) in [6, 6.07) is 9.39. The maximum absolute atomic E-state index is 14.6. The third-order valence-corrected chi connectivity index (χ3v) is 16.2.